The molecule has 4 heteroatoms. The molecule has 1 nitrogen and oxygen atoms in total. The molecule has 0 aliphatic rings. The van der Waals surface area contributed by atoms with E-state index >= 15 is 0 Å². The summed E-state index contributed by atoms with van der Waals surface area (Å²) in [5.74, 6) is -0.0678. The minimum Gasteiger partial charge on any atom is -0.300 e. The van der Waals surface area contributed by atoms with E-state index in [0.29, 0.717) is 12.8 Å². The molecule has 0 aliphatic carbocycles. The number of Topliss-reactive ketones (excluding diaryl/α,β-unsaturated/α-hetero) is 1. The van der Waals surface area contributed by atoms with E-state index < -0.39 is 12.6 Å². The summed E-state index contributed by atoms with van der Waals surface area (Å²) in [6.07, 6.45) is -3.85. The monoisotopic (exact) mass is 182 g/mol. The van der Waals surface area contributed by atoms with Gasteiger partial charge < -0.3 is 0 Å². The highest BCUT2D eigenvalue weighted by Crippen LogP contribution is 2.22. The van der Waals surface area contributed by atoms with Gasteiger partial charge in [0, 0.05) is 19.3 Å². The number of alkyl halides is 3. The highest BCUT2D eigenvalue weighted by Gasteiger charge is 2.26. The largest absolute Gasteiger partial charge is 0.389 e. The van der Waals surface area contributed by atoms with Gasteiger partial charge in [0.05, 0.1) is 0 Å². The van der Waals surface area contributed by atoms with E-state index in [2.05, 4.69) is 0 Å². The lowest BCUT2D eigenvalue weighted by atomic mass is 10.1. The van der Waals surface area contributed by atoms with Crippen molar-refractivity contribution in [1.29, 1.82) is 0 Å². The Bertz CT molecular complexity index is 140. The van der Waals surface area contributed by atoms with Crippen LogP contribution in [0.25, 0.3) is 0 Å². The van der Waals surface area contributed by atoms with Crippen LogP contribution in [0.15, 0.2) is 0 Å². The minimum atomic E-state index is -4.12. The number of carbonyl (C=O) groups excluding carboxylic acids is 1. The molecule has 0 aromatic rings. The molecule has 0 amide bonds. The third-order valence-electron chi connectivity index (χ3n) is 1.44. The van der Waals surface area contributed by atoms with Gasteiger partial charge in [0.2, 0.25) is 0 Å². The first-order valence-corrected chi connectivity index (χ1v) is 4.04. The van der Waals surface area contributed by atoms with Crippen molar-refractivity contribution in [3.63, 3.8) is 0 Å². The van der Waals surface area contributed by atoms with Crippen LogP contribution in [-0.4, -0.2) is 12.0 Å². The van der Waals surface area contributed by atoms with Crippen LogP contribution in [0.4, 0.5) is 13.2 Å². The van der Waals surface area contributed by atoms with Crippen LogP contribution in [-0.2, 0) is 4.79 Å². The molecule has 0 heterocycles. The zero-order chi connectivity index (χ0) is 9.61. The number of halogens is 3. The van der Waals surface area contributed by atoms with Gasteiger partial charge in [-0.3, -0.25) is 4.79 Å². The Labute approximate surface area is 70.0 Å². The van der Waals surface area contributed by atoms with Gasteiger partial charge in [-0.05, 0) is 12.8 Å². The molecule has 0 saturated heterocycles. The van der Waals surface area contributed by atoms with Gasteiger partial charge in [-0.25, -0.2) is 0 Å². The fourth-order valence-corrected chi connectivity index (χ4v) is 0.890. The fourth-order valence-electron chi connectivity index (χ4n) is 0.890. The summed E-state index contributed by atoms with van der Waals surface area (Å²) in [6, 6.07) is 0. The van der Waals surface area contributed by atoms with Gasteiger partial charge in [-0.2, -0.15) is 13.2 Å². The zero-order valence-corrected chi connectivity index (χ0v) is 7.08. The van der Waals surface area contributed by atoms with Gasteiger partial charge in [0.1, 0.15) is 5.78 Å². The number of hydrogen-bond acceptors (Lipinski definition) is 1. The van der Waals surface area contributed by atoms with Crippen molar-refractivity contribution in [3.8, 4) is 0 Å². The topological polar surface area (TPSA) is 17.1 Å². The van der Waals surface area contributed by atoms with Crippen molar-refractivity contribution < 1.29 is 18.0 Å². The van der Waals surface area contributed by atoms with Gasteiger partial charge in [-0.1, -0.05) is 6.92 Å². The number of carbonyl (C=O) groups is 1. The Kier molecular flexibility index (Phi) is 4.93. The Morgan fingerprint density at radius 3 is 2.25 bits per heavy atom. The quantitative estimate of drug-likeness (QED) is 0.638. The minimum absolute atomic E-state index is 0.0628. The van der Waals surface area contributed by atoms with Crippen molar-refractivity contribution in [1.82, 2.24) is 0 Å². The van der Waals surface area contributed by atoms with E-state index in [1.54, 1.807) is 0 Å². The first kappa shape index (κ1) is 11.5. The summed E-state index contributed by atoms with van der Waals surface area (Å²) in [5.41, 5.74) is 0. The maximum absolute atomic E-state index is 11.6. The van der Waals surface area contributed by atoms with E-state index in [4.69, 9.17) is 0 Å². The summed E-state index contributed by atoms with van der Waals surface area (Å²) in [6.45, 7) is 1.83. The SMILES string of the molecule is CCCC(=O)CCCC(F)(F)F. The maximum Gasteiger partial charge on any atom is 0.389 e. The Morgan fingerprint density at radius 1 is 1.25 bits per heavy atom. The van der Waals surface area contributed by atoms with Crippen LogP contribution >= 0.6 is 0 Å². The first-order chi connectivity index (χ1) is 5.45. The zero-order valence-electron chi connectivity index (χ0n) is 7.08. The molecule has 12 heavy (non-hydrogen) atoms. The molecule has 0 aliphatic heterocycles. The smallest absolute Gasteiger partial charge is 0.300 e. The van der Waals surface area contributed by atoms with Crippen molar-refractivity contribution in [2.24, 2.45) is 0 Å². The molecule has 0 unspecified atom stereocenters. The predicted octanol–water partition coefficient (Wildman–Crippen LogP) is 3.09. The molecule has 0 fully saturated rings. The Balaban J connectivity index is 3.37. The third-order valence-corrected chi connectivity index (χ3v) is 1.44. The molecule has 0 saturated carbocycles. The summed E-state index contributed by atoms with van der Waals surface area (Å²) < 4.78 is 34.7. The van der Waals surface area contributed by atoms with E-state index in [-0.39, 0.29) is 18.6 Å². The van der Waals surface area contributed by atoms with Crippen LogP contribution in [0, 0.1) is 0 Å². The van der Waals surface area contributed by atoms with E-state index in [9.17, 15) is 18.0 Å². The van der Waals surface area contributed by atoms with Gasteiger partial charge in [0.15, 0.2) is 0 Å². The van der Waals surface area contributed by atoms with Crippen molar-refractivity contribution in [3.05, 3.63) is 0 Å². The van der Waals surface area contributed by atoms with E-state index in [1.165, 1.54) is 0 Å². The molecular weight excluding hydrogens is 169 g/mol. The Hall–Kier alpha value is -0.540. The lowest BCUT2D eigenvalue weighted by molar-refractivity contribution is -0.137. The van der Waals surface area contributed by atoms with Gasteiger partial charge in [0.25, 0.3) is 0 Å². The second-order valence-electron chi connectivity index (χ2n) is 2.76. The molecule has 0 radical (unpaired) electrons. The maximum atomic E-state index is 11.6. The lowest BCUT2D eigenvalue weighted by Gasteiger charge is -2.04. The summed E-state index contributed by atoms with van der Waals surface area (Å²) in [4.78, 5) is 10.8. The van der Waals surface area contributed by atoms with Crippen molar-refractivity contribution in [2.45, 2.75) is 45.2 Å². The third kappa shape index (κ3) is 7.57. The predicted molar refractivity (Wildman–Crippen MR) is 39.8 cm³/mol. The normalized spacial score (nSPS) is 11.7. The van der Waals surface area contributed by atoms with Crippen LogP contribution < -0.4 is 0 Å². The fraction of sp³-hybridized carbons (Fsp3) is 0.875. The summed E-state index contributed by atoms with van der Waals surface area (Å²) >= 11 is 0. The van der Waals surface area contributed by atoms with Gasteiger partial charge >= 0.3 is 6.18 Å². The molecular formula is C8H13F3O. The molecule has 0 rings (SSSR count). The molecule has 0 aromatic heterocycles. The second-order valence-corrected chi connectivity index (χ2v) is 2.76. The standard InChI is InChI=1S/C8H13F3O/c1-2-4-7(12)5-3-6-8(9,10)11/h2-6H2,1H3. The number of hydrogen-bond donors (Lipinski definition) is 0. The second kappa shape index (κ2) is 5.17. The molecule has 72 valence electrons. The van der Waals surface area contributed by atoms with Gasteiger partial charge in [-0.15, -0.1) is 0 Å². The highest BCUT2D eigenvalue weighted by molar-refractivity contribution is 5.78. The molecule has 0 spiro atoms. The number of ketones is 1. The van der Waals surface area contributed by atoms with Crippen LogP contribution in [0.2, 0.25) is 0 Å². The average molecular weight is 182 g/mol. The van der Waals surface area contributed by atoms with Crippen molar-refractivity contribution in [2.75, 3.05) is 0 Å². The molecule has 0 atom stereocenters. The highest BCUT2D eigenvalue weighted by atomic mass is 19.4. The first-order valence-electron chi connectivity index (χ1n) is 4.04. The average Bonchev–Trinajstić information content (AvgIpc) is 1.84. The van der Waals surface area contributed by atoms with Crippen LogP contribution in [0.5, 0.6) is 0 Å². The summed E-state index contributed by atoms with van der Waals surface area (Å²) in [7, 11) is 0. The Morgan fingerprint density at radius 2 is 1.83 bits per heavy atom. The molecule has 0 N–H and O–H groups in total. The number of rotatable bonds is 5. The van der Waals surface area contributed by atoms with Crippen molar-refractivity contribution >= 4 is 5.78 Å². The van der Waals surface area contributed by atoms with Crippen LogP contribution in [0.1, 0.15) is 39.0 Å². The van der Waals surface area contributed by atoms with E-state index in [0.717, 1.165) is 0 Å². The van der Waals surface area contributed by atoms with Crippen LogP contribution in [0.3, 0.4) is 0 Å². The van der Waals surface area contributed by atoms with E-state index in [1.807, 2.05) is 6.92 Å². The molecule has 0 bridgehead atoms. The molecule has 0 aromatic carbocycles. The lowest BCUT2D eigenvalue weighted by Crippen LogP contribution is -2.08. The summed E-state index contributed by atoms with van der Waals surface area (Å²) in [5, 5.41) is 0.